The van der Waals surface area contributed by atoms with E-state index in [-0.39, 0.29) is 5.54 Å². The van der Waals surface area contributed by atoms with Crippen LogP contribution in [-0.2, 0) is 6.42 Å². The fourth-order valence-corrected chi connectivity index (χ4v) is 2.65. The highest BCUT2D eigenvalue weighted by Gasteiger charge is 2.31. The number of piperazine rings is 1. The summed E-state index contributed by atoms with van der Waals surface area (Å²) < 4.78 is 0. The Balaban J connectivity index is 1.79. The maximum absolute atomic E-state index is 5.84. The first-order chi connectivity index (χ1) is 9.50. The molecule has 0 spiro atoms. The average molecular weight is 292 g/mol. The quantitative estimate of drug-likeness (QED) is 0.829. The van der Waals surface area contributed by atoms with Crippen molar-refractivity contribution in [2.24, 2.45) is 5.73 Å². The van der Waals surface area contributed by atoms with Crippen molar-refractivity contribution in [2.75, 3.05) is 32.7 Å². The molecule has 1 fully saturated rings. The van der Waals surface area contributed by atoms with Crippen LogP contribution in [0.1, 0.15) is 19.4 Å². The SMILES string of the molecule is CC(C)(C(N)=S)N1CCN(CCc2cccnc2)CC1. The van der Waals surface area contributed by atoms with Gasteiger partial charge in [0.2, 0.25) is 0 Å². The molecule has 2 rings (SSSR count). The summed E-state index contributed by atoms with van der Waals surface area (Å²) >= 11 is 5.17. The molecule has 0 unspecified atom stereocenters. The smallest absolute Gasteiger partial charge is 0.0928 e. The Labute approximate surface area is 127 Å². The number of rotatable bonds is 5. The summed E-state index contributed by atoms with van der Waals surface area (Å²) in [6, 6.07) is 4.14. The highest BCUT2D eigenvalue weighted by Crippen LogP contribution is 2.17. The van der Waals surface area contributed by atoms with Crippen LogP contribution in [-0.4, -0.2) is 58.0 Å². The van der Waals surface area contributed by atoms with E-state index in [4.69, 9.17) is 18.0 Å². The lowest BCUT2D eigenvalue weighted by Gasteiger charge is -2.43. The Kier molecular flexibility index (Phi) is 5.07. The molecule has 0 bridgehead atoms. The van der Waals surface area contributed by atoms with Gasteiger partial charge in [0.1, 0.15) is 0 Å². The van der Waals surface area contributed by atoms with Crippen molar-refractivity contribution >= 4 is 17.2 Å². The Morgan fingerprint density at radius 1 is 1.35 bits per heavy atom. The molecule has 110 valence electrons. The summed E-state index contributed by atoms with van der Waals surface area (Å²) in [6.07, 6.45) is 4.83. The van der Waals surface area contributed by atoms with Crippen molar-refractivity contribution in [1.82, 2.24) is 14.8 Å². The van der Waals surface area contributed by atoms with Crippen LogP contribution in [0.25, 0.3) is 0 Å². The van der Waals surface area contributed by atoms with Gasteiger partial charge in [-0.25, -0.2) is 0 Å². The summed E-state index contributed by atoms with van der Waals surface area (Å²) in [6.45, 7) is 9.52. The molecule has 0 atom stereocenters. The van der Waals surface area contributed by atoms with E-state index in [0.29, 0.717) is 4.99 Å². The van der Waals surface area contributed by atoms with Crippen molar-refractivity contribution in [3.05, 3.63) is 30.1 Å². The summed E-state index contributed by atoms with van der Waals surface area (Å²) in [5, 5.41) is 0. The van der Waals surface area contributed by atoms with E-state index in [0.717, 1.165) is 39.1 Å². The second-order valence-corrected chi connectivity index (χ2v) is 6.30. The maximum Gasteiger partial charge on any atom is 0.0928 e. The van der Waals surface area contributed by atoms with Gasteiger partial charge in [-0.2, -0.15) is 0 Å². The zero-order valence-electron chi connectivity index (χ0n) is 12.4. The van der Waals surface area contributed by atoms with Gasteiger partial charge in [0.05, 0.1) is 10.5 Å². The summed E-state index contributed by atoms with van der Waals surface area (Å²) in [5.74, 6) is 0. The summed E-state index contributed by atoms with van der Waals surface area (Å²) in [7, 11) is 0. The standard InChI is InChI=1S/C15H24N4S/c1-15(2,14(16)20)19-10-8-18(9-11-19)7-5-13-4-3-6-17-12-13/h3-4,6,12H,5,7-11H2,1-2H3,(H2,16,20). The largest absolute Gasteiger partial charge is 0.392 e. The molecule has 1 aromatic heterocycles. The van der Waals surface area contributed by atoms with Gasteiger partial charge in [0.15, 0.2) is 0 Å². The maximum atomic E-state index is 5.84. The third-order valence-corrected chi connectivity index (χ3v) is 4.70. The molecule has 5 heteroatoms. The van der Waals surface area contributed by atoms with Gasteiger partial charge in [-0.15, -0.1) is 0 Å². The minimum absolute atomic E-state index is 0.176. The Morgan fingerprint density at radius 2 is 2.05 bits per heavy atom. The molecule has 2 heterocycles. The Hall–Kier alpha value is -1.04. The lowest BCUT2D eigenvalue weighted by Crippen LogP contribution is -2.59. The van der Waals surface area contributed by atoms with Crippen molar-refractivity contribution in [3.8, 4) is 0 Å². The van der Waals surface area contributed by atoms with Crippen LogP contribution in [0.5, 0.6) is 0 Å². The summed E-state index contributed by atoms with van der Waals surface area (Å²) in [4.78, 5) is 9.63. The van der Waals surface area contributed by atoms with Gasteiger partial charge < -0.3 is 10.6 Å². The van der Waals surface area contributed by atoms with Gasteiger partial charge in [-0.1, -0.05) is 18.3 Å². The van der Waals surface area contributed by atoms with Gasteiger partial charge in [-0.05, 0) is 31.9 Å². The van der Waals surface area contributed by atoms with Crippen LogP contribution in [0.15, 0.2) is 24.5 Å². The van der Waals surface area contributed by atoms with Crippen LogP contribution in [0, 0.1) is 0 Å². The Morgan fingerprint density at radius 3 is 2.60 bits per heavy atom. The fourth-order valence-electron chi connectivity index (χ4n) is 2.52. The molecule has 20 heavy (non-hydrogen) atoms. The molecular weight excluding hydrogens is 268 g/mol. The van der Waals surface area contributed by atoms with E-state index >= 15 is 0 Å². The normalized spacial score (nSPS) is 18.1. The van der Waals surface area contributed by atoms with Crippen molar-refractivity contribution in [1.29, 1.82) is 0 Å². The Bertz CT molecular complexity index is 438. The molecule has 4 nitrogen and oxygen atoms in total. The number of pyridine rings is 1. The van der Waals surface area contributed by atoms with Crippen LogP contribution in [0.4, 0.5) is 0 Å². The van der Waals surface area contributed by atoms with E-state index < -0.39 is 0 Å². The highest BCUT2D eigenvalue weighted by atomic mass is 32.1. The predicted octanol–water partition coefficient (Wildman–Crippen LogP) is 1.31. The molecule has 1 saturated heterocycles. The lowest BCUT2D eigenvalue weighted by atomic mass is 10.0. The zero-order valence-corrected chi connectivity index (χ0v) is 13.2. The van der Waals surface area contributed by atoms with Gasteiger partial charge in [0.25, 0.3) is 0 Å². The van der Waals surface area contributed by atoms with Crippen LogP contribution in [0.3, 0.4) is 0 Å². The number of aromatic nitrogens is 1. The molecule has 0 radical (unpaired) electrons. The number of thiocarbonyl (C=S) groups is 1. The molecule has 1 aliphatic rings. The highest BCUT2D eigenvalue weighted by molar-refractivity contribution is 7.80. The van der Waals surface area contributed by atoms with E-state index in [9.17, 15) is 0 Å². The first kappa shape index (κ1) is 15.4. The predicted molar refractivity (Wildman–Crippen MR) is 86.8 cm³/mol. The molecule has 0 amide bonds. The topological polar surface area (TPSA) is 45.4 Å². The average Bonchev–Trinajstić information content (AvgIpc) is 2.46. The number of nitrogens with zero attached hydrogens (tertiary/aromatic N) is 3. The zero-order chi connectivity index (χ0) is 14.6. The van der Waals surface area contributed by atoms with Gasteiger partial charge in [-0.3, -0.25) is 9.88 Å². The molecule has 0 aliphatic carbocycles. The third-order valence-electron chi connectivity index (χ3n) is 4.21. The fraction of sp³-hybridized carbons (Fsp3) is 0.600. The first-order valence-corrected chi connectivity index (χ1v) is 7.57. The molecular formula is C15H24N4S. The minimum Gasteiger partial charge on any atom is -0.392 e. The van der Waals surface area contributed by atoms with Crippen molar-refractivity contribution < 1.29 is 0 Å². The monoisotopic (exact) mass is 292 g/mol. The van der Waals surface area contributed by atoms with Crippen molar-refractivity contribution in [2.45, 2.75) is 25.8 Å². The van der Waals surface area contributed by atoms with Crippen molar-refractivity contribution in [3.63, 3.8) is 0 Å². The molecule has 0 saturated carbocycles. The first-order valence-electron chi connectivity index (χ1n) is 7.16. The molecule has 1 aliphatic heterocycles. The van der Waals surface area contributed by atoms with Gasteiger partial charge in [0, 0.05) is 45.1 Å². The van der Waals surface area contributed by atoms with Crippen LogP contribution < -0.4 is 5.73 Å². The third kappa shape index (κ3) is 3.75. The second-order valence-electron chi connectivity index (χ2n) is 5.86. The van der Waals surface area contributed by atoms with Gasteiger partial charge >= 0.3 is 0 Å². The van der Waals surface area contributed by atoms with E-state index in [2.05, 4.69) is 34.7 Å². The number of hydrogen-bond donors (Lipinski definition) is 1. The van der Waals surface area contributed by atoms with E-state index in [1.165, 1.54) is 5.56 Å². The van der Waals surface area contributed by atoms with Crippen LogP contribution >= 0.6 is 12.2 Å². The molecule has 2 N–H and O–H groups in total. The lowest BCUT2D eigenvalue weighted by molar-refractivity contribution is 0.0867. The van der Waals surface area contributed by atoms with E-state index in [1.807, 2.05) is 18.5 Å². The molecule has 0 aromatic carbocycles. The minimum atomic E-state index is -0.176. The second kappa shape index (κ2) is 6.61. The van der Waals surface area contributed by atoms with Crippen LogP contribution in [0.2, 0.25) is 0 Å². The van der Waals surface area contributed by atoms with E-state index in [1.54, 1.807) is 0 Å². The number of nitrogens with two attached hydrogens (primary N) is 1. The summed E-state index contributed by atoms with van der Waals surface area (Å²) in [5.41, 5.74) is 6.97. The molecule has 1 aromatic rings. The number of hydrogen-bond acceptors (Lipinski definition) is 4.